The predicted molar refractivity (Wildman–Crippen MR) is 206 cm³/mol. The van der Waals surface area contributed by atoms with Crippen molar-refractivity contribution in [1.82, 2.24) is 10.6 Å². The zero-order valence-electron chi connectivity index (χ0n) is 32.8. The minimum absolute atomic E-state index is 0.0309. The lowest BCUT2D eigenvalue weighted by Crippen LogP contribution is -2.42. The summed E-state index contributed by atoms with van der Waals surface area (Å²) in [6.07, 6.45) is -8.23. The van der Waals surface area contributed by atoms with Crippen LogP contribution in [0.15, 0.2) is 46.2 Å². The van der Waals surface area contributed by atoms with E-state index in [-0.39, 0.29) is 57.0 Å². The first-order valence-electron chi connectivity index (χ1n) is 18.8. The van der Waals surface area contributed by atoms with Gasteiger partial charge in [-0.1, -0.05) is 23.2 Å². The van der Waals surface area contributed by atoms with Gasteiger partial charge >= 0.3 is 12.4 Å². The third-order valence-electron chi connectivity index (χ3n) is 11.0. The molecule has 2 aromatic rings. The number of sulfone groups is 2. The summed E-state index contributed by atoms with van der Waals surface area (Å²) in [5.41, 5.74) is -1.77. The number of hydrogen-bond donors (Lipinski definition) is 2. The van der Waals surface area contributed by atoms with Crippen molar-refractivity contribution in [1.29, 1.82) is 10.5 Å². The van der Waals surface area contributed by atoms with Crippen molar-refractivity contribution in [2.45, 2.75) is 107 Å². The highest BCUT2D eigenvalue weighted by Crippen LogP contribution is 2.42. The summed E-state index contributed by atoms with van der Waals surface area (Å²) in [4.78, 5) is 24.7. The highest BCUT2D eigenvalue weighted by Gasteiger charge is 2.52. The SMILES string of the molecule is CO[C@@H]1C[C@H](S(=O)(=O)c2ccc(OCC(F)(F)F)cc2Cl)C[C@H]1C(=O)NC1(C#N)CC1.CO[C@H]1C[C@@H](S(=O)(=O)c2ccc(OCC(F)(F)F)cc2Cl)C[C@@H]1C(=O)NC1(C#N)CC1. The third kappa shape index (κ3) is 11.7. The second kappa shape index (κ2) is 18.6. The van der Waals surface area contributed by atoms with Crippen LogP contribution >= 0.6 is 23.2 Å². The number of carbonyl (C=O) groups is 2. The summed E-state index contributed by atoms with van der Waals surface area (Å²) < 4.78 is 146. The maximum absolute atomic E-state index is 13.1. The molecular formula is C38H40Cl2F6N4O10S2. The summed E-state index contributed by atoms with van der Waals surface area (Å²) >= 11 is 12.1. The number of hydrogen-bond acceptors (Lipinski definition) is 12. The lowest BCUT2D eigenvalue weighted by atomic mass is 10.0. The van der Waals surface area contributed by atoms with Crippen LogP contribution in [0, 0.1) is 34.5 Å². The highest BCUT2D eigenvalue weighted by atomic mass is 35.5. The fourth-order valence-electron chi connectivity index (χ4n) is 7.22. The molecule has 0 saturated heterocycles. The molecule has 0 aliphatic heterocycles. The lowest BCUT2D eigenvalue weighted by molar-refractivity contribution is -0.154. The van der Waals surface area contributed by atoms with E-state index < -0.39 is 103 Å². The number of methoxy groups -OCH3 is 2. The van der Waals surface area contributed by atoms with Gasteiger partial charge in [0, 0.05) is 26.4 Å². The van der Waals surface area contributed by atoms with Gasteiger partial charge < -0.3 is 29.6 Å². The highest BCUT2D eigenvalue weighted by molar-refractivity contribution is 7.92. The Morgan fingerprint density at radius 3 is 1.27 bits per heavy atom. The monoisotopic (exact) mass is 960 g/mol. The number of carbonyl (C=O) groups excluding carboxylic acids is 2. The van der Waals surface area contributed by atoms with Gasteiger partial charge in [0.1, 0.15) is 22.6 Å². The molecule has 4 aliphatic carbocycles. The van der Waals surface area contributed by atoms with E-state index in [0.29, 0.717) is 25.7 Å². The predicted octanol–water partition coefficient (Wildman–Crippen LogP) is 6.04. The molecule has 0 heterocycles. The molecule has 24 heteroatoms. The molecule has 0 aromatic heterocycles. The summed E-state index contributed by atoms with van der Waals surface area (Å²) in [6.45, 7) is -3.07. The quantitative estimate of drug-likeness (QED) is 0.208. The van der Waals surface area contributed by atoms with Crippen LogP contribution in [-0.4, -0.2) is 102 Å². The molecule has 6 rings (SSSR count). The Morgan fingerprint density at radius 1 is 0.677 bits per heavy atom. The number of nitriles is 2. The van der Waals surface area contributed by atoms with Gasteiger partial charge in [-0.25, -0.2) is 16.8 Å². The number of amides is 2. The van der Waals surface area contributed by atoms with E-state index in [4.69, 9.17) is 43.2 Å². The van der Waals surface area contributed by atoms with Crippen molar-refractivity contribution in [3.63, 3.8) is 0 Å². The van der Waals surface area contributed by atoms with Crippen molar-refractivity contribution < 1.29 is 71.7 Å². The van der Waals surface area contributed by atoms with Crippen molar-refractivity contribution in [3.8, 4) is 23.6 Å². The minimum Gasteiger partial charge on any atom is -0.484 e. The molecule has 14 nitrogen and oxygen atoms in total. The number of benzene rings is 2. The Morgan fingerprint density at radius 2 is 1.02 bits per heavy atom. The first kappa shape index (κ1) is 49.0. The van der Waals surface area contributed by atoms with Gasteiger partial charge in [-0.3, -0.25) is 9.59 Å². The van der Waals surface area contributed by atoms with Crippen LogP contribution in [0.1, 0.15) is 51.4 Å². The van der Waals surface area contributed by atoms with E-state index in [1.54, 1.807) is 0 Å². The molecule has 2 aromatic carbocycles. The van der Waals surface area contributed by atoms with Crippen molar-refractivity contribution in [3.05, 3.63) is 46.4 Å². The number of alkyl halides is 6. The molecule has 4 fully saturated rings. The molecule has 0 radical (unpaired) electrons. The Kier molecular flexibility index (Phi) is 14.7. The van der Waals surface area contributed by atoms with Gasteiger partial charge in [0.2, 0.25) is 11.8 Å². The first-order valence-corrected chi connectivity index (χ1v) is 22.6. The molecule has 2 amide bonds. The van der Waals surface area contributed by atoms with E-state index in [1.807, 2.05) is 12.1 Å². The average Bonchev–Trinajstić information content (AvgIpc) is 4.04. The first-order chi connectivity index (χ1) is 28.8. The molecule has 4 saturated carbocycles. The standard InChI is InChI=1S/2C19H20ClF3N2O5S/c2*1-29-15-8-12(7-13(15)17(26)25-18(9-24)4-5-18)31(27,28)16-3-2-11(6-14(16)20)30-10-19(21,22)23/h2*2-3,6,12-13,15H,4-5,7-8,10H2,1H3,(H,25,26)/t2*12-,13-,15-/m10/s1. The minimum atomic E-state index is -4.55. The maximum Gasteiger partial charge on any atom is 0.422 e. The van der Waals surface area contributed by atoms with E-state index in [2.05, 4.69) is 20.1 Å². The van der Waals surface area contributed by atoms with Gasteiger partial charge in [0.15, 0.2) is 32.9 Å². The number of ether oxygens (including phenoxy) is 4. The van der Waals surface area contributed by atoms with E-state index in [9.17, 15) is 52.8 Å². The lowest BCUT2D eigenvalue weighted by Gasteiger charge is -2.19. The van der Waals surface area contributed by atoms with Crippen LogP contribution in [0.5, 0.6) is 11.5 Å². The second-order valence-electron chi connectivity index (χ2n) is 15.4. The van der Waals surface area contributed by atoms with Gasteiger partial charge in [0.05, 0.1) is 66.5 Å². The Balaban J connectivity index is 0.000000234. The smallest absolute Gasteiger partial charge is 0.422 e. The van der Waals surface area contributed by atoms with E-state index in [1.165, 1.54) is 14.2 Å². The summed E-state index contributed by atoms with van der Waals surface area (Å²) in [5, 5.41) is 21.1. The Bertz CT molecular complexity index is 2170. The molecule has 0 spiro atoms. The zero-order chi connectivity index (χ0) is 46.1. The van der Waals surface area contributed by atoms with Gasteiger partial charge in [-0.2, -0.15) is 36.9 Å². The summed E-state index contributed by atoms with van der Waals surface area (Å²) in [6, 6.07) is 10.5. The van der Waals surface area contributed by atoms with Crippen LogP contribution in [0.25, 0.3) is 0 Å². The maximum atomic E-state index is 13.1. The third-order valence-corrected chi connectivity index (χ3v) is 16.3. The van der Waals surface area contributed by atoms with Crippen molar-refractivity contribution in [2.75, 3.05) is 27.4 Å². The van der Waals surface area contributed by atoms with Gasteiger partial charge in [0.25, 0.3) is 0 Å². The Labute approximate surface area is 362 Å². The normalized spacial score (nSPS) is 25.0. The van der Waals surface area contributed by atoms with Crippen LogP contribution in [0.3, 0.4) is 0 Å². The molecule has 6 atom stereocenters. The second-order valence-corrected chi connectivity index (χ2v) is 20.6. The fraction of sp³-hybridized carbons (Fsp3) is 0.579. The number of rotatable bonds is 14. The average molecular weight is 962 g/mol. The van der Waals surface area contributed by atoms with Crippen LogP contribution in [0.2, 0.25) is 10.0 Å². The molecule has 2 N–H and O–H groups in total. The summed E-state index contributed by atoms with van der Waals surface area (Å²) in [7, 11) is -5.27. The van der Waals surface area contributed by atoms with Gasteiger partial charge in [-0.15, -0.1) is 0 Å². The topological polar surface area (TPSA) is 211 Å². The van der Waals surface area contributed by atoms with Crippen molar-refractivity contribution in [2.24, 2.45) is 11.8 Å². The number of halogens is 8. The molecule has 0 unspecified atom stereocenters. The molecule has 0 bridgehead atoms. The molecular weight excluding hydrogens is 921 g/mol. The van der Waals surface area contributed by atoms with E-state index >= 15 is 0 Å². The Hall–Kier alpha value is -4.06. The molecule has 4 aliphatic rings. The molecule has 340 valence electrons. The van der Waals surface area contributed by atoms with Crippen LogP contribution in [0.4, 0.5) is 26.3 Å². The largest absolute Gasteiger partial charge is 0.484 e. The summed E-state index contributed by atoms with van der Waals surface area (Å²) in [5.74, 6) is -2.83. The van der Waals surface area contributed by atoms with Crippen LogP contribution < -0.4 is 20.1 Å². The zero-order valence-corrected chi connectivity index (χ0v) is 36.0. The number of nitrogens with one attached hydrogen (secondary N) is 2. The number of nitrogens with zero attached hydrogens (tertiary/aromatic N) is 2. The van der Waals surface area contributed by atoms with Crippen LogP contribution in [-0.2, 0) is 38.7 Å². The van der Waals surface area contributed by atoms with E-state index in [0.717, 1.165) is 36.4 Å². The fourth-order valence-corrected chi connectivity index (χ4v) is 11.9. The van der Waals surface area contributed by atoms with Gasteiger partial charge in [-0.05, 0) is 75.6 Å². The van der Waals surface area contributed by atoms with Crippen molar-refractivity contribution >= 4 is 54.7 Å². The molecule has 62 heavy (non-hydrogen) atoms.